The van der Waals surface area contributed by atoms with E-state index in [1.165, 1.54) is 0 Å². The zero-order valence-corrected chi connectivity index (χ0v) is 11.5. The van der Waals surface area contributed by atoms with Crippen LogP contribution in [0.4, 0.5) is 0 Å². The van der Waals surface area contributed by atoms with Crippen molar-refractivity contribution in [1.82, 2.24) is 19.9 Å². The number of fused-ring (bicyclic) bond motifs is 1. The van der Waals surface area contributed by atoms with Gasteiger partial charge in [0.1, 0.15) is 5.75 Å². The molecule has 1 N–H and O–H groups in total. The van der Waals surface area contributed by atoms with Gasteiger partial charge >= 0.3 is 0 Å². The molecule has 5 nitrogen and oxygen atoms in total. The van der Waals surface area contributed by atoms with Crippen molar-refractivity contribution in [2.24, 2.45) is 0 Å². The Balaban J connectivity index is 1.98. The van der Waals surface area contributed by atoms with Crippen molar-refractivity contribution in [3.63, 3.8) is 0 Å². The largest absolute Gasteiger partial charge is 0.497 e. The molecule has 0 aliphatic heterocycles. The summed E-state index contributed by atoms with van der Waals surface area (Å²) in [5.41, 5.74) is 3.80. The van der Waals surface area contributed by atoms with Crippen molar-refractivity contribution in [2.45, 2.75) is 6.54 Å². The molecule has 20 heavy (non-hydrogen) atoms. The lowest BCUT2D eigenvalue weighted by molar-refractivity contribution is 0.415. The first-order valence-electron chi connectivity index (χ1n) is 6.44. The highest BCUT2D eigenvalue weighted by Gasteiger charge is 2.05. The van der Waals surface area contributed by atoms with Gasteiger partial charge in [-0.25, -0.2) is 9.50 Å². The molecule has 0 aliphatic carbocycles. The van der Waals surface area contributed by atoms with E-state index in [1.807, 2.05) is 54.2 Å². The summed E-state index contributed by atoms with van der Waals surface area (Å²) in [5, 5.41) is 7.68. The zero-order valence-electron chi connectivity index (χ0n) is 11.5. The fourth-order valence-electron chi connectivity index (χ4n) is 2.11. The van der Waals surface area contributed by atoms with Crippen molar-refractivity contribution in [3.8, 4) is 17.0 Å². The van der Waals surface area contributed by atoms with Crippen LogP contribution in [0.5, 0.6) is 5.75 Å². The molecule has 102 valence electrons. The number of aromatic nitrogens is 3. The number of imidazole rings is 1. The Morgan fingerprint density at radius 2 is 1.95 bits per heavy atom. The van der Waals surface area contributed by atoms with Gasteiger partial charge in [-0.05, 0) is 43.4 Å². The first kappa shape index (κ1) is 12.6. The molecule has 0 aliphatic rings. The standard InChI is InChI=1S/C15H16N4O/c1-16-9-12-10-19-15(17-12)8-7-14(18-19)11-3-5-13(20-2)6-4-11/h3-8,10,16H,9H2,1-2H3. The van der Waals surface area contributed by atoms with Crippen LogP contribution in [0.3, 0.4) is 0 Å². The van der Waals surface area contributed by atoms with Crippen molar-refractivity contribution < 1.29 is 4.74 Å². The highest BCUT2D eigenvalue weighted by atomic mass is 16.5. The van der Waals surface area contributed by atoms with E-state index in [0.717, 1.165) is 34.9 Å². The normalized spacial score (nSPS) is 10.9. The van der Waals surface area contributed by atoms with Gasteiger partial charge < -0.3 is 10.1 Å². The van der Waals surface area contributed by atoms with E-state index in [2.05, 4.69) is 15.4 Å². The fourth-order valence-corrected chi connectivity index (χ4v) is 2.11. The second kappa shape index (κ2) is 5.30. The lowest BCUT2D eigenvalue weighted by Crippen LogP contribution is -2.04. The minimum atomic E-state index is 0.737. The quantitative estimate of drug-likeness (QED) is 0.787. The first-order valence-corrected chi connectivity index (χ1v) is 6.44. The molecule has 2 heterocycles. The molecule has 1 aromatic carbocycles. The molecule has 3 rings (SSSR count). The molecular formula is C15H16N4O. The maximum Gasteiger partial charge on any atom is 0.153 e. The second-order valence-electron chi connectivity index (χ2n) is 4.51. The van der Waals surface area contributed by atoms with Gasteiger partial charge in [-0.2, -0.15) is 5.10 Å². The van der Waals surface area contributed by atoms with Gasteiger partial charge in [0.2, 0.25) is 0 Å². The predicted octanol–water partition coefficient (Wildman–Crippen LogP) is 2.12. The number of ether oxygens (including phenoxy) is 1. The third-order valence-corrected chi connectivity index (χ3v) is 3.11. The summed E-state index contributed by atoms with van der Waals surface area (Å²) < 4.78 is 6.97. The number of rotatable bonds is 4. The van der Waals surface area contributed by atoms with Crippen LogP contribution in [0.15, 0.2) is 42.6 Å². The molecule has 0 saturated heterocycles. The van der Waals surface area contributed by atoms with Gasteiger partial charge in [-0.1, -0.05) is 0 Å². The van der Waals surface area contributed by atoms with E-state index < -0.39 is 0 Å². The van der Waals surface area contributed by atoms with E-state index in [9.17, 15) is 0 Å². The Labute approximate surface area is 117 Å². The maximum absolute atomic E-state index is 5.16. The lowest BCUT2D eigenvalue weighted by Gasteiger charge is -2.03. The molecule has 0 saturated carbocycles. The van der Waals surface area contributed by atoms with Crippen LogP contribution in [0.2, 0.25) is 0 Å². The molecule has 3 aromatic rings. The summed E-state index contributed by atoms with van der Waals surface area (Å²) in [7, 11) is 3.56. The maximum atomic E-state index is 5.16. The molecule has 5 heteroatoms. The number of hydrogen-bond donors (Lipinski definition) is 1. The summed E-state index contributed by atoms with van der Waals surface area (Å²) in [6, 6.07) is 11.8. The van der Waals surface area contributed by atoms with Gasteiger partial charge in [-0.3, -0.25) is 0 Å². The third kappa shape index (κ3) is 2.35. The Hall–Kier alpha value is -2.40. The first-order chi connectivity index (χ1) is 9.80. The minimum absolute atomic E-state index is 0.737. The second-order valence-corrected chi connectivity index (χ2v) is 4.51. The third-order valence-electron chi connectivity index (χ3n) is 3.11. The van der Waals surface area contributed by atoms with E-state index in [1.54, 1.807) is 7.11 Å². The topological polar surface area (TPSA) is 51.5 Å². The van der Waals surface area contributed by atoms with Crippen molar-refractivity contribution in [3.05, 3.63) is 48.3 Å². The van der Waals surface area contributed by atoms with Gasteiger partial charge in [0.05, 0.1) is 24.7 Å². The summed E-state index contributed by atoms with van der Waals surface area (Å²) >= 11 is 0. The number of nitrogens with zero attached hydrogens (tertiary/aromatic N) is 3. The molecule has 0 spiro atoms. The fraction of sp³-hybridized carbons (Fsp3) is 0.200. The Morgan fingerprint density at radius 3 is 2.65 bits per heavy atom. The van der Waals surface area contributed by atoms with Crippen LogP contribution in [0, 0.1) is 0 Å². The Morgan fingerprint density at radius 1 is 1.15 bits per heavy atom. The molecule has 2 aromatic heterocycles. The van der Waals surface area contributed by atoms with E-state index in [4.69, 9.17) is 4.74 Å². The molecule has 0 amide bonds. The predicted molar refractivity (Wildman–Crippen MR) is 77.7 cm³/mol. The van der Waals surface area contributed by atoms with Crippen LogP contribution in [-0.4, -0.2) is 28.8 Å². The van der Waals surface area contributed by atoms with E-state index in [-0.39, 0.29) is 0 Å². The monoisotopic (exact) mass is 268 g/mol. The molecule has 0 fully saturated rings. The van der Waals surface area contributed by atoms with Crippen molar-refractivity contribution >= 4 is 5.65 Å². The van der Waals surface area contributed by atoms with Crippen LogP contribution in [-0.2, 0) is 6.54 Å². The molecular weight excluding hydrogens is 252 g/mol. The average Bonchev–Trinajstić information content (AvgIpc) is 2.89. The van der Waals surface area contributed by atoms with Crippen LogP contribution >= 0.6 is 0 Å². The highest BCUT2D eigenvalue weighted by molar-refractivity contribution is 5.61. The van der Waals surface area contributed by atoms with E-state index in [0.29, 0.717) is 0 Å². The van der Waals surface area contributed by atoms with Crippen molar-refractivity contribution in [1.29, 1.82) is 0 Å². The number of benzene rings is 1. The average molecular weight is 268 g/mol. The van der Waals surface area contributed by atoms with Crippen LogP contribution < -0.4 is 10.1 Å². The van der Waals surface area contributed by atoms with Gasteiger partial charge in [0.15, 0.2) is 5.65 Å². The summed E-state index contributed by atoms with van der Waals surface area (Å²) in [5.74, 6) is 0.841. The number of methoxy groups -OCH3 is 1. The molecule has 0 bridgehead atoms. The highest BCUT2D eigenvalue weighted by Crippen LogP contribution is 2.20. The van der Waals surface area contributed by atoms with Crippen LogP contribution in [0.1, 0.15) is 5.69 Å². The number of nitrogens with one attached hydrogen (secondary N) is 1. The zero-order chi connectivity index (χ0) is 13.9. The summed E-state index contributed by atoms with van der Waals surface area (Å²) in [6.45, 7) is 0.737. The van der Waals surface area contributed by atoms with Crippen molar-refractivity contribution in [2.75, 3.05) is 14.2 Å². The Kier molecular flexibility index (Phi) is 3.35. The minimum Gasteiger partial charge on any atom is -0.497 e. The van der Waals surface area contributed by atoms with Gasteiger partial charge in [0.25, 0.3) is 0 Å². The number of hydrogen-bond acceptors (Lipinski definition) is 4. The van der Waals surface area contributed by atoms with Gasteiger partial charge in [0, 0.05) is 12.1 Å². The van der Waals surface area contributed by atoms with Gasteiger partial charge in [-0.15, -0.1) is 0 Å². The Bertz CT molecular complexity index is 718. The molecule has 0 radical (unpaired) electrons. The van der Waals surface area contributed by atoms with Crippen LogP contribution in [0.25, 0.3) is 16.9 Å². The molecule has 0 atom stereocenters. The summed E-state index contributed by atoms with van der Waals surface area (Å²) in [6.07, 6.45) is 1.94. The van der Waals surface area contributed by atoms with E-state index >= 15 is 0 Å². The SMILES string of the molecule is CNCc1cn2nc(-c3ccc(OC)cc3)ccc2n1. The lowest BCUT2D eigenvalue weighted by atomic mass is 10.1. The summed E-state index contributed by atoms with van der Waals surface area (Å²) in [4.78, 5) is 4.48. The smallest absolute Gasteiger partial charge is 0.153 e. The molecule has 0 unspecified atom stereocenters.